The first-order valence-electron chi connectivity index (χ1n) is 5.26. The number of carbonyl (C=O) groups is 1. The lowest BCUT2D eigenvalue weighted by atomic mass is 10.2. The Morgan fingerprint density at radius 3 is 2.53 bits per heavy atom. The van der Waals surface area contributed by atoms with Crippen molar-refractivity contribution in [1.82, 2.24) is 5.32 Å². The van der Waals surface area contributed by atoms with Gasteiger partial charge in [0.15, 0.2) is 11.5 Å². The number of aliphatic hydroxyl groups is 1. The molecule has 1 rings (SSSR count). The fourth-order valence-electron chi connectivity index (χ4n) is 1.32. The zero-order chi connectivity index (χ0) is 12.8. The minimum Gasteiger partial charge on any atom is -0.493 e. The molecule has 0 saturated carbocycles. The van der Waals surface area contributed by atoms with Crippen molar-refractivity contribution in [2.75, 3.05) is 20.8 Å². The summed E-state index contributed by atoms with van der Waals surface area (Å²) in [7, 11) is 3.04. The summed E-state index contributed by atoms with van der Waals surface area (Å²) in [4.78, 5) is 11.7. The van der Waals surface area contributed by atoms with Crippen LogP contribution < -0.4 is 14.8 Å². The highest BCUT2D eigenvalue weighted by atomic mass is 16.5. The van der Waals surface area contributed by atoms with Crippen LogP contribution in [0.1, 0.15) is 17.3 Å². The van der Waals surface area contributed by atoms with E-state index in [1.807, 2.05) is 0 Å². The van der Waals surface area contributed by atoms with Gasteiger partial charge in [0.1, 0.15) is 0 Å². The molecule has 0 heterocycles. The van der Waals surface area contributed by atoms with Crippen LogP contribution in [0.5, 0.6) is 11.5 Å². The van der Waals surface area contributed by atoms with Gasteiger partial charge in [0, 0.05) is 12.1 Å². The summed E-state index contributed by atoms with van der Waals surface area (Å²) in [5.74, 6) is 0.809. The third-order valence-corrected chi connectivity index (χ3v) is 2.20. The number of nitrogens with one attached hydrogen (secondary N) is 1. The van der Waals surface area contributed by atoms with Crippen molar-refractivity contribution >= 4 is 5.91 Å². The largest absolute Gasteiger partial charge is 0.493 e. The number of ether oxygens (including phenoxy) is 2. The Labute approximate surface area is 100 Å². The van der Waals surface area contributed by atoms with Crippen molar-refractivity contribution in [3.63, 3.8) is 0 Å². The van der Waals surface area contributed by atoms with Crippen LogP contribution in [0.2, 0.25) is 0 Å². The second-order valence-corrected chi connectivity index (χ2v) is 3.63. The molecular formula is C12H17NO4. The Kier molecular flexibility index (Phi) is 4.78. The van der Waals surface area contributed by atoms with Gasteiger partial charge in [-0.2, -0.15) is 0 Å². The van der Waals surface area contributed by atoms with Crippen LogP contribution in [0, 0.1) is 0 Å². The molecule has 0 aliphatic rings. The number of methoxy groups -OCH3 is 2. The van der Waals surface area contributed by atoms with Crippen molar-refractivity contribution < 1.29 is 19.4 Å². The third kappa shape index (κ3) is 3.64. The molecular weight excluding hydrogens is 222 g/mol. The van der Waals surface area contributed by atoms with Crippen molar-refractivity contribution in [2.45, 2.75) is 13.0 Å². The fourth-order valence-corrected chi connectivity index (χ4v) is 1.32. The number of aliphatic hydroxyl groups excluding tert-OH is 1. The van der Waals surface area contributed by atoms with E-state index in [4.69, 9.17) is 14.6 Å². The molecule has 0 spiro atoms. The molecule has 5 nitrogen and oxygen atoms in total. The minimum absolute atomic E-state index is 0.215. The fraction of sp³-hybridized carbons (Fsp3) is 0.417. The van der Waals surface area contributed by atoms with E-state index < -0.39 is 6.10 Å². The van der Waals surface area contributed by atoms with Crippen LogP contribution in [-0.4, -0.2) is 37.9 Å². The van der Waals surface area contributed by atoms with Crippen molar-refractivity contribution in [3.05, 3.63) is 23.8 Å². The minimum atomic E-state index is -0.570. The van der Waals surface area contributed by atoms with E-state index in [1.165, 1.54) is 14.2 Å². The van der Waals surface area contributed by atoms with Gasteiger partial charge in [-0.05, 0) is 25.1 Å². The number of carbonyl (C=O) groups excluding carboxylic acids is 1. The van der Waals surface area contributed by atoms with Crippen molar-refractivity contribution in [1.29, 1.82) is 0 Å². The lowest BCUT2D eigenvalue weighted by Gasteiger charge is -2.10. The van der Waals surface area contributed by atoms with Gasteiger partial charge in [-0.25, -0.2) is 0 Å². The van der Waals surface area contributed by atoms with Gasteiger partial charge >= 0.3 is 0 Å². The molecule has 1 aromatic carbocycles. The van der Waals surface area contributed by atoms with Crippen LogP contribution in [0.3, 0.4) is 0 Å². The zero-order valence-electron chi connectivity index (χ0n) is 10.2. The van der Waals surface area contributed by atoms with Crippen LogP contribution in [0.4, 0.5) is 0 Å². The molecule has 1 atom stereocenters. The standard InChI is InChI=1S/C12H17NO4/c1-8(14)7-13-12(15)9-4-5-10(16-2)11(6-9)17-3/h4-6,8,14H,7H2,1-3H3,(H,13,15)/t8-/m1/s1. The summed E-state index contributed by atoms with van der Waals surface area (Å²) < 4.78 is 10.2. The maximum Gasteiger partial charge on any atom is 0.251 e. The molecule has 94 valence electrons. The van der Waals surface area contributed by atoms with E-state index in [0.29, 0.717) is 17.1 Å². The Hall–Kier alpha value is -1.75. The van der Waals surface area contributed by atoms with E-state index in [-0.39, 0.29) is 12.5 Å². The molecule has 5 heteroatoms. The summed E-state index contributed by atoms with van der Waals surface area (Å²) in [5.41, 5.74) is 0.461. The summed E-state index contributed by atoms with van der Waals surface area (Å²) >= 11 is 0. The Bertz CT molecular complexity index is 390. The quantitative estimate of drug-likeness (QED) is 0.798. The molecule has 17 heavy (non-hydrogen) atoms. The molecule has 0 fully saturated rings. The Morgan fingerprint density at radius 1 is 1.35 bits per heavy atom. The average molecular weight is 239 g/mol. The highest BCUT2D eigenvalue weighted by Gasteiger charge is 2.10. The molecule has 1 amide bonds. The van der Waals surface area contributed by atoms with Crippen molar-refractivity contribution in [3.8, 4) is 11.5 Å². The predicted octanol–water partition coefficient (Wildman–Crippen LogP) is 0.814. The first-order chi connectivity index (χ1) is 8.08. The lowest BCUT2D eigenvalue weighted by Crippen LogP contribution is -2.30. The smallest absolute Gasteiger partial charge is 0.251 e. The Balaban J connectivity index is 2.81. The van der Waals surface area contributed by atoms with E-state index in [0.717, 1.165) is 0 Å². The highest BCUT2D eigenvalue weighted by molar-refractivity contribution is 5.94. The van der Waals surface area contributed by atoms with Gasteiger partial charge in [0.05, 0.1) is 20.3 Å². The lowest BCUT2D eigenvalue weighted by molar-refractivity contribution is 0.0923. The molecule has 1 aromatic rings. The summed E-state index contributed by atoms with van der Waals surface area (Å²) in [5, 5.41) is 11.7. The van der Waals surface area contributed by atoms with Crippen LogP contribution in [-0.2, 0) is 0 Å². The number of benzene rings is 1. The number of hydrogen-bond acceptors (Lipinski definition) is 4. The number of amides is 1. The Morgan fingerprint density at radius 2 is 2.00 bits per heavy atom. The maximum absolute atomic E-state index is 11.7. The SMILES string of the molecule is COc1ccc(C(=O)NC[C@@H](C)O)cc1OC. The second-order valence-electron chi connectivity index (χ2n) is 3.63. The predicted molar refractivity (Wildman–Crippen MR) is 63.6 cm³/mol. The second kappa shape index (κ2) is 6.10. The van der Waals surface area contributed by atoms with Gasteiger partial charge in [0.25, 0.3) is 5.91 Å². The van der Waals surface area contributed by atoms with Crippen LogP contribution in [0.15, 0.2) is 18.2 Å². The number of hydrogen-bond donors (Lipinski definition) is 2. The first-order valence-corrected chi connectivity index (χ1v) is 5.26. The zero-order valence-corrected chi connectivity index (χ0v) is 10.2. The van der Waals surface area contributed by atoms with Gasteiger partial charge in [0.2, 0.25) is 0 Å². The monoisotopic (exact) mass is 239 g/mol. The van der Waals surface area contributed by atoms with Gasteiger partial charge in [-0.15, -0.1) is 0 Å². The van der Waals surface area contributed by atoms with Crippen molar-refractivity contribution in [2.24, 2.45) is 0 Å². The van der Waals surface area contributed by atoms with Gasteiger partial charge < -0.3 is 19.9 Å². The normalized spacial score (nSPS) is 11.8. The van der Waals surface area contributed by atoms with E-state index >= 15 is 0 Å². The number of rotatable bonds is 5. The molecule has 0 aliphatic heterocycles. The molecule has 0 saturated heterocycles. The van der Waals surface area contributed by atoms with E-state index in [9.17, 15) is 4.79 Å². The third-order valence-electron chi connectivity index (χ3n) is 2.20. The molecule has 0 aliphatic carbocycles. The molecule has 0 bridgehead atoms. The topological polar surface area (TPSA) is 67.8 Å². The average Bonchev–Trinajstić information content (AvgIpc) is 2.34. The van der Waals surface area contributed by atoms with Gasteiger partial charge in [-0.3, -0.25) is 4.79 Å². The summed E-state index contributed by atoms with van der Waals surface area (Å²) in [6, 6.07) is 4.89. The molecule has 2 N–H and O–H groups in total. The molecule has 0 aromatic heterocycles. The van der Waals surface area contributed by atoms with E-state index in [1.54, 1.807) is 25.1 Å². The maximum atomic E-state index is 11.7. The van der Waals surface area contributed by atoms with Crippen LogP contribution >= 0.6 is 0 Å². The summed E-state index contributed by atoms with van der Waals surface area (Å²) in [6.07, 6.45) is -0.570. The first kappa shape index (κ1) is 13.3. The molecule has 0 radical (unpaired) electrons. The van der Waals surface area contributed by atoms with Gasteiger partial charge in [-0.1, -0.05) is 0 Å². The highest BCUT2D eigenvalue weighted by Crippen LogP contribution is 2.27. The van der Waals surface area contributed by atoms with Crippen LogP contribution in [0.25, 0.3) is 0 Å². The van der Waals surface area contributed by atoms with E-state index in [2.05, 4.69) is 5.32 Å². The molecule has 0 unspecified atom stereocenters. The summed E-state index contributed by atoms with van der Waals surface area (Å²) in [6.45, 7) is 1.82.